The minimum absolute atomic E-state index is 0.0387. The number of hydrogen-bond donors (Lipinski definition) is 0. The molecule has 1 aromatic heterocycles. The Hall–Kier alpha value is -2.10. The molecule has 1 amide bonds. The van der Waals surface area contributed by atoms with Crippen molar-refractivity contribution >= 4 is 5.91 Å². The predicted octanol–water partition coefficient (Wildman–Crippen LogP) is 2.79. The third kappa shape index (κ3) is 2.67. The molecule has 4 nitrogen and oxygen atoms in total. The van der Waals surface area contributed by atoms with Crippen molar-refractivity contribution in [2.75, 3.05) is 0 Å². The molecular formula is C15H16N2O2. The second kappa shape index (κ2) is 4.88. The predicted molar refractivity (Wildman–Crippen MR) is 70.6 cm³/mol. The van der Waals surface area contributed by atoms with Crippen molar-refractivity contribution in [3.63, 3.8) is 0 Å². The quantitative estimate of drug-likeness (QED) is 0.845. The zero-order valence-electron chi connectivity index (χ0n) is 10.9. The molecule has 3 rings (SSSR count). The van der Waals surface area contributed by atoms with Crippen LogP contribution in [0.5, 0.6) is 0 Å². The van der Waals surface area contributed by atoms with E-state index < -0.39 is 0 Å². The van der Waals surface area contributed by atoms with E-state index in [2.05, 4.69) is 5.16 Å². The lowest BCUT2D eigenvalue weighted by atomic mass is 10.2. The van der Waals surface area contributed by atoms with Crippen molar-refractivity contribution in [3.05, 3.63) is 53.4 Å². The lowest BCUT2D eigenvalue weighted by Crippen LogP contribution is -2.32. The highest BCUT2D eigenvalue weighted by atomic mass is 16.5. The van der Waals surface area contributed by atoms with Gasteiger partial charge in [0.25, 0.3) is 5.91 Å². The Bertz CT molecular complexity index is 573. The van der Waals surface area contributed by atoms with Gasteiger partial charge in [0, 0.05) is 18.7 Å². The summed E-state index contributed by atoms with van der Waals surface area (Å²) in [5, 5.41) is 3.82. The van der Waals surface area contributed by atoms with E-state index in [1.807, 2.05) is 35.2 Å². The van der Waals surface area contributed by atoms with Gasteiger partial charge in [0.15, 0.2) is 5.69 Å². The zero-order valence-corrected chi connectivity index (χ0v) is 10.9. The molecule has 0 atom stereocenters. The Kier molecular flexibility index (Phi) is 3.07. The average molecular weight is 256 g/mol. The average Bonchev–Trinajstić information content (AvgIpc) is 3.18. The molecule has 98 valence electrons. The SMILES string of the molecule is Cc1cc(C(=O)N(Cc2ccccc2)C2CC2)no1. The van der Waals surface area contributed by atoms with Gasteiger partial charge in [-0.25, -0.2) is 0 Å². The molecule has 1 aliphatic rings. The van der Waals surface area contributed by atoms with Gasteiger partial charge in [0.2, 0.25) is 0 Å². The van der Waals surface area contributed by atoms with Gasteiger partial charge in [0.05, 0.1) is 0 Å². The van der Waals surface area contributed by atoms with Gasteiger partial charge >= 0.3 is 0 Å². The molecule has 4 heteroatoms. The van der Waals surface area contributed by atoms with E-state index in [4.69, 9.17) is 4.52 Å². The molecule has 1 aromatic carbocycles. The highest BCUT2D eigenvalue weighted by Crippen LogP contribution is 2.29. The van der Waals surface area contributed by atoms with Crippen LogP contribution < -0.4 is 0 Å². The third-order valence-corrected chi connectivity index (χ3v) is 3.29. The third-order valence-electron chi connectivity index (χ3n) is 3.29. The van der Waals surface area contributed by atoms with Crippen molar-refractivity contribution in [2.45, 2.75) is 32.4 Å². The summed E-state index contributed by atoms with van der Waals surface area (Å²) in [5.41, 5.74) is 1.54. The van der Waals surface area contributed by atoms with E-state index in [1.165, 1.54) is 0 Å². The van der Waals surface area contributed by atoms with Crippen LogP contribution in [0.15, 0.2) is 40.9 Å². The van der Waals surface area contributed by atoms with Crippen LogP contribution in [0.2, 0.25) is 0 Å². The first-order chi connectivity index (χ1) is 9.24. The van der Waals surface area contributed by atoms with Crippen LogP contribution in [-0.4, -0.2) is 22.0 Å². The van der Waals surface area contributed by atoms with E-state index in [0.29, 0.717) is 24.0 Å². The van der Waals surface area contributed by atoms with Gasteiger partial charge in [0.1, 0.15) is 5.76 Å². The summed E-state index contributed by atoms with van der Waals surface area (Å²) in [6.45, 7) is 2.43. The van der Waals surface area contributed by atoms with Gasteiger partial charge in [-0.05, 0) is 25.3 Å². The van der Waals surface area contributed by atoms with Crippen molar-refractivity contribution in [1.29, 1.82) is 0 Å². The highest BCUT2D eigenvalue weighted by Gasteiger charge is 2.34. The summed E-state index contributed by atoms with van der Waals surface area (Å²) in [7, 11) is 0. The maximum atomic E-state index is 12.4. The maximum Gasteiger partial charge on any atom is 0.276 e. The van der Waals surface area contributed by atoms with Crippen molar-refractivity contribution in [3.8, 4) is 0 Å². The second-order valence-electron chi connectivity index (χ2n) is 4.97. The van der Waals surface area contributed by atoms with Crippen molar-refractivity contribution in [1.82, 2.24) is 10.1 Å². The molecule has 0 unspecified atom stereocenters. The van der Waals surface area contributed by atoms with E-state index in [-0.39, 0.29) is 5.91 Å². The lowest BCUT2D eigenvalue weighted by molar-refractivity contribution is 0.0719. The monoisotopic (exact) mass is 256 g/mol. The standard InChI is InChI=1S/C15H16N2O2/c1-11-9-14(16-19-11)15(18)17(13-7-8-13)10-12-5-3-2-4-6-12/h2-6,9,13H,7-8,10H2,1H3. The van der Waals surface area contributed by atoms with Gasteiger partial charge in [-0.2, -0.15) is 0 Å². The molecule has 1 saturated carbocycles. The fraction of sp³-hybridized carbons (Fsp3) is 0.333. The highest BCUT2D eigenvalue weighted by molar-refractivity contribution is 5.92. The summed E-state index contributed by atoms with van der Waals surface area (Å²) in [5.74, 6) is 0.627. The summed E-state index contributed by atoms with van der Waals surface area (Å²) in [4.78, 5) is 14.3. The smallest absolute Gasteiger partial charge is 0.276 e. The van der Waals surface area contributed by atoms with Crippen LogP contribution >= 0.6 is 0 Å². The Balaban J connectivity index is 1.79. The van der Waals surface area contributed by atoms with E-state index in [9.17, 15) is 4.79 Å². The maximum absolute atomic E-state index is 12.4. The van der Waals surface area contributed by atoms with E-state index in [0.717, 1.165) is 18.4 Å². The lowest BCUT2D eigenvalue weighted by Gasteiger charge is -2.21. The molecule has 1 fully saturated rings. The van der Waals surface area contributed by atoms with Gasteiger partial charge in [-0.3, -0.25) is 4.79 Å². The molecule has 19 heavy (non-hydrogen) atoms. The molecule has 2 aromatic rings. The fourth-order valence-electron chi connectivity index (χ4n) is 2.15. The van der Waals surface area contributed by atoms with Crippen LogP contribution in [0.4, 0.5) is 0 Å². The first-order valence-corrected chi connectivity index (χ1v) is 6.52. The Morgan fingerprint density at radius 2 is 2.11 bits per heavy atom. The summed E-state index contributed by atoms with van der Waals surface area (Å²) in [6, 6.07) is 12.1. The van der Waals surface area contributed by atoms with Crippen molar-refractivity contribution in [2.24, 2.45) is 0 Å². The van der Waals surface area contributed by atoms with E-state index >= 15 is 0 Å². The molecule has 0 saturated heterocycles. The number of aryl methyl sites for hydroxylation is 1. The number of carbonyl (C=O) groups is 1. The van der Waals surface area contributed by atoms with Crippen LogP contribution in [0.1, 0.15) is 34.7 Å². The number of amides is 1. The Morgan fingerprint density at radius 1 is 1.37 bits per heavy atom. The van der Waals surface area contributed by atoms with Crippen molar-refractivity contribution < 1.29 is 9.32 Å². The number of benzene rings is 1. The molecule has 0 N–H and O–H groups in total. The minimum atomic E-state index is -0.0387. The number of rotatable bonds is 4. The van der Waals surface area contributed by atoms with Crippen LogP contribution in [-0.2, 0) is 6.54 Å². The minimum Gasteiger partial charge on any atom is -0.361 e. The number of carbonyl (C=O) groups excluding carboxylic acids is 1. The molecule has 1 heterocycles. The molecular weight excluding hydrogens is 240 g/mol. The molecule has 0 spiro atoms. The number of aromatic nitrogens is 1. The summed E-state index contributed by atoms with van der Waals surface area (Å²) >= 11 is 0. The largest absolute Gasteiger partial charge is 0.361 e. The van der Waals surface area contributed by atoms with Gasteiger partial charge < -0.3 is 9.42 Å². The molecule has 0 radical (unpaired) electrons. The second-order valence-corrected chi connectivity index (χ2v) is 4.97. The molecule has 0 bridgehead atoms. The van der Waals surface area contributed by atoms with Crippen LogP contribution in [0.25, 0.3) is 0 Å². The first kappa shape index (κ1) is 12.0. The fourth-order valence-corrected chi connectivity index (χ4v) is 2.15. The number of hydrogen-bond acceptors (Lipinski definition) is 3. The molecule has 0 aliphatic heterocycles. The summed E-state index contributed by atoms with van der Waals surface area (Å²) in [6.07, 6.45) is 2.16. The Morgan fingerprint density at radius 3 is 2.68 bits per heavy atom. The topological polar surface area (TPSA) is 46.3 Å². The first-order valence-electron chi connectivity index (χ1n) is 6.52. The van der Waals surface area contributed by atoms with Crippen LogP contribution in [0.3, 0.4) is 0 Å². The van der Waals surface area contributed by atoms with Crippen LogP contribution in [0, 0.1) is 6.92 Å². The zero-order chi connectivity index (χ0) is 13.2. The normalized spacial score (nSPS) is 14.4. The number of nitrogens with zero attached hydrogens (tertiary/aromatic N) is 2. The summed E-state index contributed by atoms with van der Waals surface area (Å²) < 4.78 is 4.99. The van der Waals surface area contributed by atoms with E-state index in [1.54, 1.807) is 13.0 Å². The Labute approximate surface area is 112 Å². The van der Waals surface area contributed by atoms with Gasteiger partial charge in [-0.1, -0.05) is 35.5 Å². The molecule has 1 aliphatic carbocycles. The van der Waals surface area contributed by atoms with Gasteiger partial charge in [-0.15, -0.1) is 0 Å².